The van der Waals surface area contributed by atoms with Gasteiger partial charge in [0.2, 0.25) is 0 Å². The first-order valence-electron chi connectivity index (χ1n) is 22.6. The fourth-order valence-electron chi connectivity index (χ4n) is 9.70. The number of fused-ring (bicyclic) bond motifs is 6. The van der Waals surface area contributed by atoms with E-state index >= 15 is 0 Å². The zero-order valence-electron chi connectivity index (χ0n) is 39.4. The summed E-state index contributed by atoms with van der Waals surface area (Å²) in [5.74, 6) is 2.01. The normalized spacial score (nSPS) is 13.0. The van der Waals surface area contributed by atoms with Gasteiger partial charge in [-0.3, -0.25) is 0 Å². The minimum atomic E-state index is -0.0608. The second kappa shape index (κ2) is 17.1. The minimum Gasteiger partial charge on any atom is -0.509 e. The molecule has 10 rings (SSSR count). The van der Waals surface area contributed by atoms with Gasteiger partial charge in [-0.15, -0.1) is 48.3 Å². The maximum Gasteiger partial charge on any atom is 0.135 e. The Bertz CT molecular complexity index is 3110. The topological polar surface area (TPSA) is 31.8 Å². The van der Waals surface area contributed by atoms with Crippen LogP contribution in [0.1, 0.15) is 74.9 Å². The zero-order chi connectivity index (χ0) is 45.4. The van der Waals surface area contributed by atoms with Gasteiger partial charge in [0.25, 0.3) is 0 Å². The number of benzene rings is 7. The molecule has 0 atom stereocenters. The van der Waals surface area contributed by atoms with Crippen LogP contribution in [0.2, 0.25) is 0 Å². The van der Waals surface area contributed by atoms with Gasteiger partial charge in [-0.1, -0.05) is 120 Å². The molecule has 0 unspecified atom stereocenters. The summed E-state index contributed by atoms with van der Waals surface area (Å²) >= 11 is 0. The monoisotopic (exact) mass is 1040 g/mol. The number of anilines is 7. The van der Waals surface area contributed by atoms with Gasteiger partial charge < -0.3 is 19.4 Å². The average molecular weight is 1040 g/mol. The standard InChI is InChI=1S/C60H55N4O.Pt/c1-38-32-44(60(8,9)10)33-39(2)57(38)42-30-40(3)58(41(4)31-42)63-37-62(53-24-15-16-25-54(53)63)45-18-17-19-46(35-45)65-47-26-27-51-49-21-12-11-20-48(49)50-22-13-14-23-52(50)64(55(51)36-47)56-34-43(28-29-61-56)59(5,6)7;/h11-34,37H,1-10H3;/q-3;. The van der Waals surface area contributed by atoms with Crippen molar-refractivity contribution in [3.8, 4) is 44.9 Å². The SMILES string of the molecule is Cc1cc(C(C)(C)C)cc(C)c1-c1cc(C)c(N2[CH-]N(c3[c-]c(Oc4[c-]c5c(cc4)-c4ccccc4-c4ccccc4N5c4cc(C(C)(C)C)ccn4)ccc3)c3ccccc32)c(C)c1.[Pt]. The minimum absolute atomic E-state index is 0. The van der Waals surface area contributed by atoms with E-state index in [1.54, 1.807) is 0 Å². The van der Waals surface area contributed by atoms with Crippen molar-refractivity contribution in [2.75, 3.05) is 14.7 Å². The molecule has 0 spiro atoms. The summed E-state index contributed by atoms with van der Waals surface area (Å²) in [5.41, 5.74) is 20.8. The summed E-state index contributed by atoms with van der Waals surface area (Å²) in [7, 11) is 0. The summed E-state index contributed by atoms with van der Waals surface area (Å²) in [4.78, 5) is 11.7. The second-order valence-corrected chi connectivity index (χ2v) is 19.7. The molecule has 0 amide bonds. The van der Waals surface area contributed by atoms with Crippen LogP contribution in [-0.4, -0.2) is 4.98 Å². The quantitative estimate of drug-likeness (QED) is 0.155. The Kier molecular flexibility index (Phi) is 11.6. The van der Waals surface area contributed by atoms with Gasteiger partial charge in [-0.05, 0) is 131 Å². The number of hydrogen-bond donors (Lipinski definition) is 0. The predicted molar refractivity (Wildman–Crippen MR) is 271 cm³/mol. The molecule has 5 nitrogen and oxygen atoms in total. The Morgan fingerprint density at radius 3 is 1.74 bits per heavy atom. The molecular formula is C60H55N4OPt-3. The van der Waals surface area contributed by atoms with Crippen molar-refractivity contribution in [3.63, 3.8) is 0 Å². The van der Waals surface area contributed by atoms with Crippen LogP contribution >= 0.6 is 0 Å². The molecule has 0 saturated heterocycles. The fraction of sp³-hybridized carbons (Fsp3) is 0.200. The summed E-state index contributed by atoms with van der Waals surface area (Å²) in [5, 5.41) is 0. The number of aryl methyl sites for hydroxylation is 4. The molecule has 6 heteroatoms. The molecule has 0 saturated carbocycles. The third kappa shape index (κ3) is 8.02. The molecule has 0 bridgehead atoms. The third-order valence-corrected chi connectivity index (χ3v) is 12.9. The van der Waals surface area contributed by atoms with Crippen LogP contribution in [0, 0.1) is 46.5 Å². The van der Waals surface area contributed by atoms with Gasteiger partial charge in [0.1, 0.15) is 5.82 Å². The van der Waals surface area contributed by atoms with Crippen molar-refractivity contribution < 1.29 is 25.8 Å². The van der Waals surface area contributed by atoms with Crippen LogP contribution in [0.5, 0.6) is 11.5 Å². The van der Waals surface area contributed by atoms with Crippen molar-refractivity contribution in [1.29, 1.82) is 0 Å². The van der Waals surface area contributed by atoms with Gasteiger partial charge in [0, 0.05) is 61.4 Å². The maximum atomic E-state index is 6.75. The number of aromatic nitrogens is 1. The van der Waals surface area contributed by atoms with E-state index in [0.29, 0.717) is 11.5 Å². The van der Waals surface area contributed by atoms with Crippen molar-refractivity contribution in [2.45, 2.75) is 80.1 Å². The Labute approximate surface area is 406 Å². The summed E-state index contributed by atoms with van der Waals surface area (Å²) in [6, 6.07) is 57.1. The number of ether oxygens (including phenoxy) is 1. The molecule has 0 fully saturated rings. The van der Waals surface area contributed by atoms with Crippen LogP contribution in [0.4, 0.5) is 39.9 Å². The molecule has 334 valence electrons. The van der Waals surface area contributed by atoms with Gasteiger partial charge in [0.05, 0.1) is 5.69 Å². The first-order valence-corrected chi connectivity index (χ1v) is 22.6. The smallest absolute Gasteiger partial charge is 0.135 e. The van der Waals surface area contributed by atoms with Gasteiger partial charge in [0.15, 0.2) is 0 Å². The fourth-order valence-corrected chi connectivity index (χ4v) is 9.70. The zero-order valence-corrected chi connectivity index (χ0v) is 41.7. The molecule has 0 aliphatic carbocycles. The molecule has 1 aromatic heterocycles. The number of para-hydroxylation sites is 3. The van der Waals surface area contributed by atoms with E-state index in [1.165, 1.54) is 50.2 Å². The Balaban J connectivity index is 0.00000548. The summed E-state index contributed by atoms with van der Waals surface area (Å²) in [6.45, 7) is 24.7. The average Bonchev–Trinajstić information content (AvgIpc) is 3.59. The number of pyridine rings is 1. The van der Waals surface area contributed by atoms with Crippen molar-refractivity contribution in [1.82, 2.24) is 4.98 Å². The molecule has 3 heterocycles. The van der Waals surface area contributed by atoms with Crippen molar-refractivity contribution in [3.05, 3.63) is 198 Å². The first-order chi connectivity index (χ1) is 31.1. The van der Waals surface area contributed by atoms with E-state index in [9.17, 15) is 0 Å². The largest absolute Gasteiger partial charge is 0.509 e. The molecule has 66 heavy (non-hydrogen) atoms. The van der Waals surface area contributed by atoms with Crippen molar-refractivity contribution >= 4 is 39.9 Å². The van der Waals surface area contributed by atoms with Gasteiger partial charge in [-0.2, -0.15) is 12.1 Å². The molecule has 7 aromatic carbocycles. The molecule has 2 aliphatic rings. The third-order valence-electron chi connectivity index (χ3n) is 12.9. The van der Waals surface area contributed by atoms with E-state index in [1.807, 2.05) is 24.4 Å². The number of nitrogens with zero attached hydrogens (tertiary/aromatic N) is 4. The van der Waals surface area contributed by atoms with Gasteiger partial charge >= 0.3 is 0 Å². The maximum absolute atomic E-state index is 6.75. The molecular weight excluding hydrogens is 988 g/mol. The van der Waals surface area contributed by atoms with Crippen molar-refractivity contribution in [2.24, 2.45) is 0 Å². The second-order valence-electron chi connectivity index (χ2n) is 19.7. The van der Waals surface area contributed by atoms with Crippen LogP contribution in [-0.2, 0) is 31.9 Å². The molecule has 8 aromatic rings. The van der Waals surface area contributed by atoms with E-state index in [4.69, 9.17) is 9.72 Å². The summed E-state index contributed by atoms with van der Waals surface area (Å²) in [6.07, 6.45) is 1.91. The molecule has 2 aliphatic heterocycles. The Hall–Kier alpha value is -6.42. The number of hydrogen-bond acceptors (Lipinski definition) is 5. The Morgan fingerprint density at radius 1 is 0.515 bits per heavy atom. The van der Waals surface area contributed by atoms with E-state index < -0.39 is 0 Å². The predicted octanol–water partition coefficient (Wildman–Crippen LogP) is 16.5. The summed E-state index contributed by atoms with van der Waals surface area (Å²) < 4.78 is 6.75. The van der Waals surface area contributed by atoms with E-state index in [0.717, 1.165) is 56.5 Å². The van der Waals surface area contributed by atoms with Crippen LogP contribution in [0.15, 0.2) is 146 Å². The van der Waals surface area contributed by atoms with E-state index in [2.05, 4.69) is 224 Å². The first kappa shape index (κ1) is 44.8. The van der Waals surface area contributed by atoms with Gasteiger partial charge in [-0.25, -0.2) is 4.98 Å². The van der Waals surface area contributed by atoms with E-state index in [-0.39, 0.29) is 31.9 Å². The molecule has 0 radical (unpaired) electrons. The molecule has 0 N–H and O–H groups in total. The van der Waals surface area contributed by atoms with Crippen LogP contribution in [0.25, 0.3) is 33.4 Å². The number of rotatable bonds is 6. The van der Waals surface area contributed by atoms with Crippen LogP contribution < -0.4 is 19.4 Å². The van der Waals surface area contributed by atoms with Crippen LogP contribution in [0.3, 0.4) is 0 Å². The Morgan fingerprint density at radius 2 is 1.09 bits per heavy atom.